The SMILES string of the molecule is Cn1ccc2c(Cl)c(C3(CC(=O)O)CC3)ccc21. The molecule has 3 rings (SSSR count). The second-order valence-electron chi connectivity index (χ2n) is 5.14. The molecule has 1 aromatic heterocycles. The average Bonchev–Trinajstić information content (AvgIpc) is 2.96. The molecule has 1 aromatic carbocycles. The number of fused-ring (bicyclic) bond motifs is 1. The van der Waals surface area contributed by atoms with Crippen molar-refractivity contribution in [3.8, 4) is 0 Å². The van der Waals surface area contributed by atoms with Gasteiger partial charge in [-0.15, -0.1) is 0 Å². The fourth-order valence-corrected chi connectivity index (χ4v) is 3.13. The Balaban J connectivity index is 2.13. The van der Waals surface area contributed by atoms with Gasteiger partial charge in [-0.1, -0.05) is 17.7 Å². The van der Waals surface area contributed by atoms with Crippen molar-refractivity contribution in [1.29, 1.82) is 0 Å². The molecule has 0 atom stereocenters. The highest BCUT2D eigenvalue weighted by molar-refractivity contribution is 6.36. The molecule has 1 aliphatic rings. The molecule has 1 N–H and O–H groups in total. The first-order valence-electron chi connectivity index (χ1n) is 5.99. The number of carboxylic acid groups (broad SMARTS) is 1. The molecular formula is C14H14ClNO2. The molecule has 0 unspecified atom stereocenters. The lowest BCUT2D eigenvalue weighted by molar-refractivity contribution is -0.137. The maximum Gasteiger partial charge on any atom is 0.304 e. The Bertz CT molecular complexity index is 641. The highest BCUT2D eigenvalue weighted by atomic mass is 35.5. The van der Waals surface area contributed by atoms with E-state index in [9.17, 15) is 4.79 Å². The molecule has 0 amide bonds. The largest absolute Gasteiger partial charge is 0.481 e. The monoisotopic (exact) mass is 263 g/mol. The number of benzene rings is 1. The number of rotatable bonds is 3. The summed E-state index contributed by atoms with van der Waals surface area (Å²) in [7, 11) is 1.97. The average molecular weight is 264 g/mol. The molecule has 0 spiro atoms. The minimum Gasteiger partial charge on any atom is -0.481 e. The molecule has 0 radical (unpaired) electrons. The van der Waals surface area contributed by atoms with E-state index in [0.29, 0.717) is 5.02 Å². The lowest BCUT2D eigenvalue weighted by Gasteiger charge is -2.15. The van der Waals surface area contributed by atoms with Crippen LogP contribution in [0.2, 0.25) is 5.02 Å². The van der Waals surface area contributed by atoms with Crippen LogP contribution < -0.4 is 0 Å². The highest BCUT2D eigenvalue weighted by Crippen LogP contribution is 2.54. The lowest BCUT2D eigenvalue weighted by Crippen LogP contribution is -2.13. The molecule has 18 heavy (non-hydrogen) atoms. The highest BCUT2D eigenvalue weighted by Gasteiger charge is 2.47. The summed E-state index contributed by atoms with van der Waals surface area (Å²) in [5.41, 5.74) is 1.84. The summed E-state index contributed by atoms with van der Waals surface area (Å²) in [5, 5.41) is 10.7. The standard InChI is InChI=1S/C14H14ClNO2/c1-16-7-4-9-11(16)3-2-10(13(9)15)14(5-6-14)8-12(17)18/h2-4,7H,5-6,8H2,1H3,(H,17,18). The van der Waals surface area contributed by atoms with Crippen LogP contribution in [0.1, 0.15) is 24.8 Å². The first kappa shape index (κ1) is 11.6. The fraction of sp³-hybridized carbons (Fsp3) is 0.357. The van der Waals surface area contributed by atoms with E-state index in [-0.39, 0.29) is 11.8 Å². The van der Waals surface area contributed by atoms with E-state index in [1.54, 1.807) is 0 Å². The quantitative estimate of drug-likeness (QED) is 0.923. The van der Waals surface area contributed by atoms with Crippen molar-refractivity contribution < 1.29 is 9.90 Å². The summed E-state index contributed by atoms with van der Waals surface area (Å²) >= 11 is 6.46. The fourth-order valence-electron chi connectivity index (χ4n) is 2.71. The van der Waals surface area contributed by atoms with Crippen LogP contribution in [0.15, 0.2) is 24.4 Å². The smallest absolute Gasteiger partial charge is 0.304 e. The predicted octanol–water partition coefficient (Wildman–Crippen LogP) is 3.34. The minimum atomic E-state index is -0.753. The zero-order valence-corrected chi connectivity index (χ0v) is 10.9. The molecular weight excluding hydrogens is 250 g/mol. The zero-order chi connectivity index (χ0) is 12.9. The van der Waals surface area contributed by atoms with Gasteiger partial charge in [0.1, 0.15) is 0 Å². The van der Waals surface area contributed by atoms with Gasteiger partial charge in [-0.2, -0.15) is 0 Å². The molecule has 0 saturated heterocycles. The molecule has 4 heteroatoms. The zero-order valence-electron chi connectivity index (χ0n) is 10.1. The van der Waals surface area contributed by atoms with Crippen molar-refractivity contribution in [3.63, 3.8) is 0 Å². The molecule has 0 bridgehead atoms. The van der Waals surface area contributed by atoms with Crippen LogP contribution in [-0.2, 0) is 17.3 Å². The van der Waals surface area contributed by atoms with Gasteiger partial charge in [0.2, 0.25) is 0 Å². The normalized spacial score (nSPS) is 17.0. The maximum absolute atomic E-state index is 11.0. The number of carbonyl (C=O) groups is 1. The van der Waals surface area contributed by atoms with Gasteiger partial charge < -0.3 is 9.67 Å². The van der Waals surface area contributed by atoms with Gasteiger partial charge in [0.15, 0.2) is 0 Å². The Morgan fingerprint density at radius 1 is 1.44 bits per heavy atom. The first-order chi connectivity index (χ1) is 8.53. The summed E-state index contributed by atoms with van der Waals surface area (Å²) in [5.74, 6) is -0.753. The Hall–Kier alpha value is -1.48. The number of aliphatic carboxylic acids is 1. The maximum atomic E-state index is 11.0. The van der Waals surface area contributed by atoms with E-state index in [2.05, 4.69) is 0 Å². The molecule has 0 aliphatic heterocycles. The Kier molecular flexibility index (Phi) is 2.42. The van der Waals surface area contributed by atoms with Crippen LogP contribution in [0.5, 0.6) is 0 Å². The second-order valence-corrected chi connectivity index (χ2v) is 5.52. The molecule has 1 heterocycles. The number of halogens is 1. The van der Waals surface area contributed by atoms with Crippen molar-refractivity contribution in [2.75, 3.05) is 0 Å². The van der Waals surface area contributed by atoms with E-state index < -0.39 is 5.97 Å². The third kappa shape index (κ3) is 1.62. The van der Waals surface area contributed by atoms with Gasteiger partial charge in [0.25, 0.3) is 0 Å². The van der Waals surface area contributed by atoms with Gasteiger partial charge in [0, 0.05) is 29.6 Å². The van der Waals surface area contributed by atoms with Gasteiger partial charge in [-0.3, -0.25) is 4.79 Å². The van der Waals surface area contributed by atoms with Gasteiger partial charge >= 0.3 is 5.97 Å². The van der Waals surface area contributed by atoms with Gasteiger partial charge in [-0.25, -0.2) is 0 Å². The van der Waals surface area contributed by atoms with Crippen LogP contribution in [0.4, 0.5) is 0 Å². The van der Waals surface area contributed by atoms with E-state index in [1.807, 2.05) is 36.0 Å². The number of hydrogen-bond donors (Lipinski definition) is 1. The summed E-state index contributed by atoms with van der Waals surface area (Å²) in [4.78, 5) is 11.0. The van der Waals surface area contributed by atoms with Crippen molar-refractivity contribution in [1.82, 2.24) is 4.57 Å². The Morgan fingerprint density at radius 2 is 2.17 bits per heavy atom. The molecule has 94 valence electrons. The number of nitrogens with zero attached hydrogens (tertiary/aromatic N) is 1. The summed E-state index contributed by atoms with van der Waals surface area (Å²) < 4.78 is 2.02. The summed E-state index contributed by atoms with van der Waals surface area (Å²) in [6.45, 7) is 0. The van der Waals surface area contributed by atoms with E-state index in [4.69, 9.17) is 16.7 Å². The van der Waals surface area contributed by atoms with E-state index >= 15 is 0 Å². The summed E-state index contributed by atoms with van der Waals surface area (Å²) in [6, 6.07) is 6.00. The van der Waals surface area contributed by atoms with Crippen LogP contribution in [0.25, 0.3) is 10.9 Å². The molecule has 1 fully saturated rings. The Labute approximate surface area is 110 Å². The van der Waals surface area contributed by atoms with Crippen molar-refractivity contribution in [2.45, 2.75) is 24.7 Å². The number of hydrogen-bond acceptors (Lipinski definition) is 1. The third-order valence-electron chi connectivity index (χ3n) is 3.92. The predicted molar refractivity (Wildman–Crippen MR) is 71.1 cm³/mol. The number of carboxylic acids is 1. The third-order valence-corrected chi connectivity index (χ3v) is 4.32. The molecule has 1 saturated carbocycles. The van der Waals surface area contributed by atoms with Crippen molar-refractivity contribution in [3.05, 3.63) is 35.0 Å². The molecule has 3 nitrogen and oxygen atoms in total. The van der Waals surface area contributed by atoms with Gasteiger partial charge in [-0.05, 0) is 30.5 Å². The summed E-state index contributed by atoms with van der Waals surface area (Å²) in [6.07, 6.45) is 3.97. The first-order valence-corrected chi connectivity index (χ1v) is 6.37. The number of aromatic nitrogens is 1. The second kappa shape index (κ2) is 3.75. The van der Waals surface area contributed by atoms with Crippen LogP contribution in [0, 0.1) is 0 Å². The van der Waals surface area contributed by atoms with Crippen molar-refractivity contribution >= 4 is 28.5 Å². The molecule has 1 aliphatic carbocycles. The van der Waals surface area contributed by atoms with Crippen molar-refractivity contribution in [2.24, 2.45) is 7.05 Å². The Morgan fingerprint density at radius 3 is 2.78 bits per heavy atom. The van der Waals surface area contributed by atoms with E-state index in [1.165, 1.54) is 0 Å². The van der Waals surface area contributed by atoms with E-state index in [0.717, 1.165) is 29.3 Å². The van der Waals surface area contributed by atoms with Crippen LogP contribution in [0.3, 0.4) is 0 Å². The molecule has 2 aromatic rings. The topological polar surface area (TPSA) is 42.2 Å². The minimum absolute atomic E-state index is 0.172. The van der Waals surface area contributed by atoms with Crippen LogP contribution in [-0.4, -0.2) is 15.6 Å². The van der Waals surface area contributed by atoms with Crippen LogP contribution >= 0.6 is 11.6 Å². The lowest BCUT2D eigenvalue weighted by atomic mass is 9.91. The van der Waals surface area contributed by atoms with Gasteiger partial charge in [0.05, 0.1) is 11.4 Å². The number of aryl methyl sites for hydroxylation is 1.